The van der Waals surface area contributed by atoms with Crippen LogP contribution in [-0.4, -0.2) is 45.5 Å². The summed E-state index contributed by atoms with van der Waals surface area (Å²) >= 11 is 0. The number of ether oxygens (including phenoxy) is 1. The molecule has 3 aromatic heterocycles. The van der Waals surface area contributed by atoms with Crippen molar-refractivity contribution in [3.8, 4) is 17.1 Å². The highest BCUT2D eigenvalue weighted by atomic mass is 19.3. The standard InChI is InChI=1S/C20H23F2N5O/c1-13(2)28-14-6-9-27-16(11-24-19(27)10-14)15-4-3-5-18(25-15)26-17-12-23-8-7-20(17,21)22/h3-6,9-11,13,17,23H,7-8,12H2,1-2H3,(H,25,26)/t17-/m0/s1. The average molecular weight is 387 g/mol. The summed E-state index contributed by atoms with van der Waals surface area (Å²) in [5.41, 5.74) is 2.17. The predicted octanol–water partition coefficient (Wildman–Crippen LogP) is 3.59. The monoisotopic (exact) mass is 387 g/mol. The number of anilines is 1. The zero-order valence-electron chi connectivity index (χ0n) is 15.8. The van der Waals surface area contributed by atoms with Crippen LogP contribution in [0.4, 0.5) is 14.6 Å². The molecule has 3 aromatic rings. The number of hydrogen-bond donors (Lipinski definition) is 2. The summed E-state index contributed by atoms with van der Waals surface area (Å²) in [4.78, 5) is 8.96. The number of nitrogens with zero attached hydrogens (tertiary/aromatic N) is 3. The predicted molar refractivity (Wildman–Crippen MR) is 104 cm³/mol. The number of alkyl halides is 2. The van der Waals surface area contributed by atoms with Gasteiger partial charge in [0, 0.05) is 31.8 Å². The average Bonchev–Trinajstić information content (AvgIpc) is 3.06. The maximum Gasteiger partial charge on any atom is 0.270 e. The van der Waals surface area contributed by atoms with Crippen molar-refractivity contribution < 1.29 is 13.5 Å². The zero-order chi connectivity index (χ0) is 19.7. The van der Waals surface area contributed by atoms with Crippen LogP contribution in [0.3, 0.4) is 0 Å². The number of nitrogens with one attached hydrogen (secondary N) is 2. The van der Waals surface area contributed by atoms with Gasteiger partial charge in [-0.2, -0.15) is 0 Å². The van der Waals surface area contributed by atoms with E-state index in [-0.39, 0.29) is 19.1 Å². The Bertz CT molecular complexity index is 972. The van der Waals surface area contributed by atoms with Crippen molar-refractivity contribution in [2.24, 2.45) is 0 Å². The lowest BCUT2D eigenvalue weighted by molar-refractivity contribution is -0.0384. The third kappa shape index (κ3) is 3.77. The second kappa shape index (κ2) is 7.35. The molecule has 1 saturated heterocycles. The maximum atomic E-state index is 14.1. The zero-order valence-corrected chi connectivity index (χ0v) is 15.8. The van der Waals surface area contributed by atoms with Crippen LogP contribution in [0.2, 0.25) is 0 Å². The van der Waals surface area contributed by atoms with Crippen molar-refractivity contribution in [2.45, 2.75) is 38.3 Å². The van der Waals surface area contributed by atoms with Crippen molar-refractivity contribution >= 4 is 11.5 Å². The molecule has 0 spiro atoms. The van der Waals surface area contributed by atoms with Crippen LogP contribution in [0.15, 0.2) is 42.7 Å². The summed E-state index contributed by atoms with van der Waals surface area (Å²) in [6.45, 7) is 4.46. The Morgan fingerprint density at radius 3 is 2.96 bits per heavy atom. The van der Waals surface area contributed by atoms with Gasteiger partial charge in [-0.1, -0.05) is 6.07 Å². The molecule has 1 aliphatic rings. The first-order valence-electron chi connectivity index (χ1n) is 9.39. The highest BCUT2D eigenvalue weighted by Crippen LogP contribution is 2.28. The molecule has 0 saturated carbocycles. The van der Waals surface area contributed by atoms with E-state index < -0.39 is 12.0 Å². The molecule has 1 atom stereocenters. The van der Waals surface area contributed by atoms with Gasteiger partial charge in [0.25, 0.3) is 5.92 Å². The molecule has 1 fully saturated rings. The van der Waals surface area contributed by atoms with Gasteiger partial charge in [-0.3, -0.25) is 4.40 Å². The van der Waals surface area contributed by atoms with Crippen molar-refractivity contribution in [1.82, 2.24) is 19.7 Å². The van der Waals surface area contributed by atoms with E-state index in [4.69, 9.17) is 4.74 Å². The molecule has 0 aliphatic carbocycles. The van der Waals surface area contributed by atoms with Gasteiger partial charge in [-0.05, 0) is 32.0 Å². The van der Waals surface area contributed by atoms with Crippen LogP contribution in [0, 0.1) is 0 Å². The number of aromatic nitrogens is 3. The van der Waals surface area contributed by atoms with Gasteiger partial charge in [-0.15, -0.1) is 0 Å². The fraction of sp³-hybridized carbons (Fsp3) is 0.400. The minimum absolute atomic E-state index is 0.0775. The molecule has 0 amide bonds. The Balaban J connectivity index is 1.60. The summed E-state index contributed by atoms with van der Waals surface area (Å²) in [7, 11) is 0. The highest BCUT2D eigenvalue weighted by Gasteiger charge is 2.41. The Morgan fingerprint density at radius 2 is 2.18 bits per heavy atom. The Morgan fingerprint density at radius 1 is 1.32 bits per heavy atom. The number of rotatable bonds is 5. The second-order valence-corrected chi connectivity index (χ2v) is 7.22. The van der Waals surface area contributed by atoms with E-state index in [9.17, 15) is 8.78 Å². The molecule has 6 nitrogen and oxygen atoms in total. The van der Waals surface area contributed by atoms with Gasteiger partial charge < -0.3 is 15.4 Å². The molecule has 28 heavy (non-hydrogen) atoms. The van der Waals surface area contributed by atoms with Crippen molar-refractivity contribution in [2.75, 3.05) is 18.4 Å². The van der Waals surface area contributed by atoms with Crippen molar-refractivity contribution in [1.29, 1.82) is 0 Å². The SMILES string of the molecule is CC(C)Oc1ccn2c(-c3cccc(N[C@H]4CNCCC4(F)F)n3)cnc2c1. The van der Waals surface area contributed by atoms with Gasteiger partial charge in [0.2, 0.25) is 0 Å². The fourth-order valence-electron chi connectivity index (χ4n) is 3.31. The maximum absolute atomic E-state index is 14.1. The van der Waals surface area contributed by atoms with E-state index >= 15 is 0 Å². The normalized spacial score (nSPS) is 19.1. The van der Waals surface area contributed by atoms with Gasteiger partial charge in [0.15, 0.2) is 0 Å². The Kier molecular flexibility index (Phi) is 4.89. The number of pyridine rings is 2. The smallest absolute Gasteiger partial charge is 0.270 e. The Labute approximate surface area is 162 Å². The minimum atomic E-state index is -2.76. The number of piperidine rings is 1. The molecule has 2 N–H and O–H groups in total. The fourth-order valence-corrected chi connectivity index (χ4v) is 3.31. The number of imidazole rings is 1. The van der Waals surface area contributed by atoms with Crippen LogP contribution in [0.1, 0.15) is 20.3 Å². The molecule has 0 aromatic carbocycles. The molecule has 8 heteroatoms. The molecule has 148 valence electrons. The topological polar surface area (TPSA) is 63.5 Å². The van der Waals surface area contributed by atoms with E-state index in [1.807, 2.05) is 42.6 Å². The van der Waals surface area contributed by atoms with Crippen molar-refractivity contribution in [3.63, 3.8) is 0 Å². The summed E-state index contributed by atoms with van der Waals surface area (Å²) in [5, 5.41) is 5.88. The lowest BCUT2D eigenvalue weighted by atomic mass is 10.0. The molecule has 1 aliphatic heterocycles. The molecule has 0 unspecified atom stereocenters. The van der Waals surface area contributed by atoms with E-state index in [0.29, 0.717) is 18.1 Å². The van der Waals surface area contributed by atoms with Crippen LogP contribution < -0.4 is 15.4 Å². The largest absolute Gasteiger partial charge is 0.491 e. The summed E-state index contributed by atoms with van der Waals surface area (Å²) in [6, 6.07) is 8.08. The van der Waals surface area contributed by atoms with E-state index in [1.165, 1.54) is 0 Å². The summed E-state index contributed by atoms with van der Waals surface area (Å²) < 4.78 is 35.8. The lowest BCUT2D eigenvalue weighted by Crippen LogP contribution is -2.52. The van der Waals surface area contributed by atoms with Gasteiger partial charge in [0.1, 0.15) is 23.3 Å². The highest BCUT2D eigenvalue weighted by molar-refractivity contribution is 5.63. The van der Waals surface area contributed by atoms with E-state index in [0.717, 1.165) is 17.1 Å². The van der Waals surface area contributed by atoms with E-state index in [2.05, 4.69) is 20.6 Å². The second-order valence-electron chi connectivity index (χ2n) is 7.22. The van der Waals surface area contributed by atoms with Crippen LogP contribution in [0.25, 0.3) is 17.0 Å². The van der Waals surface area contributed by atoms with Gasteiger partial charge >= 0.3 is 0 Å². The summed E-state index contributed by atoms with van der Waals surface area (Å²) in [6.07, 6.45) is 3.49. The van der Waals surface area contributed by atoms with Gasteiger partial charge in [0.05, 0.1) is 23.7 Å². The third-order valence-electron chi connectivity index (χ3n) is 4.68. The molecule has 4 heterocycles. The third-order valence-corrected chi connectivity index (χ3v) is 4.68. The number of halogens is 2. The lowest BCUT2D eigenvalue weighted by Gasteiger charge is -2.32. The van der Waals surface area contributed by atoms with E-state index in [1.54, 1.807) is 18.3 Å². The minimum Gasteiger partial charge on any atom is -0.491 e. The van der Waals surface area contributed by atoms with Crippen LogP contribution in [0.5, 0.6) is 5.75 Å². The molecule has 0 bridgehead atoms. The van der Waals surface area contributed by atoms with Gasteiger partial charge in [-0.25, -0.2) is 18.7 Å². The molecule has 0 radical (unpaired) electrons. The van der Waals surface area contributed by atoms with Crippen molar-refractivity contribution in [3.05, 3.63) is 42.7 Å². The number of fused-ring (bicyclic) bond motifs is 1. The summed E-state index contributed by atoms with van der Waals surface area (Å²) in [5.74, 6) is -1.60. The molecular weight excluding hydrogens is 364 g/mol. The first-order valence-corrected chi connectivity index (χ1v) is 9.39. The number of hydrogen-bond acceptors (Lipinski definition) is 5. The van der Waals surface area contributed by atoms with Crippen LogP contribution >= 0.6 is 0 Å². The van der Waals surface area contributed by atoms with Crippen LogP contribution in [-0.2, 0) is 0 Å². The molecule has 4 rings (SSSR count). The first kappa shape index (κ1) is 18.6. The quantitative estimate of drug-likeness (QED) is 0.701. The molecular formula is C20H23F2N5O. The Hall–Kier alpha value is -2.74. The first-order chi connectivity index (χ1) is 13.4.